The molecule has 0 unspecified atom stereocenters. The van der Waals surface area contributed by atoms with Gasteiger partial charge in [0.25, 0.3) is 0 Å². The Bertz CT molecular complexity index is 1000. The van der Waals surface area contributed by atoms with Crippen molar-refractivity contribution in [3.05, 3.63) is 53.3 Å². The predicted octanol–water partition coefficient (Wildman–Crippen LogP) is 3.59. The van der Waals surface area contributed by atoms with E-state index in [1.54, 1.807) is 12.3 Å². The number of alkyl halides is 3. The minimum Gasteiger partial charge on any atom is -0.491 e. The average molecular weight is 450 g/mol. The second kappa shape index (κ2) is 8.70. The second-order valence-corrected chi connectivity index (χ2v) is 7.84. The quantitative estimate of drug-likeness (QED) is 0.559. The van der Waals surface area contributed by atoms with Crippen LogP contribution in [0, 0.1) is 6.92 Å². The van der Waals surface area contributed by atoms with Gasteiger partial charge in [0, 0.05) is 44.5 Å². The summed E-state index contributed by atoms with van der Waals surface area (Å²) in [6.07, 6.45) is -1.95. The molecule has 10 heteroatoms. The molecule has 1 fully saturated rings. The SMILES string of the molecule is Cc1cnc2c(c1)OCC/C2=N/NC(=S)N1CCN(c2cccc(C(F)(F)F)c2)CC1. The van der Waals surface area contributed by atoms with E-state index in [9.17, 15) is 13.2 Å². The van der Waals surface area contributed by atoms with Crippen molar-refractivity contribution in [2.24, 2.45) is 5.10 Å². The predicted molar refractivity (Wildman–Crippen MR) is 117 cm³/mol. The normalized spacial score (nSPS) is 17.9. The average Bonchev–Trinajstić information content (AvgIpc) is 2.77. The number of thiocarbonyl (C=S) groups is 1. The first-order valence-corrected chi connectivity index (χ1v) is 10.4. The van der Waals surface area contributed by atoms with E-state index in [1.165, 1.54) is 12.1 Å². The summed E-state index contributed by atoms with van der Waals surface area (Å²) in [5.74, 6) is 0.715. The number of ether oxygens (including phenoxy) is 1. The molecule has 0 atom stereocenters. The van der Waals surface area contributed by atoms with Crippen LogP contribution in [0.25, 0.3) is 0 Å². The van der Waals surface area contributed by atoms with E-state index < -0.39 is 11.7 Å². The van der Waals surface area contributed by atoms with Crippen LogP contribution in [0.1, 0.15) is 23.2 Å². The molecular weight excluding hydrogens is 427 g/mol. The smallest absolute Gasteiger partial charge is 0.416 e. The van der Waals surface area contributed by atoms with Gasteiger partial charge in [0.2, 0.25) is 0 Å². The molecule has 0 amide bonds. The molecule has 0 saturated carbocycles. The number of fused-ring (bicyclic) bond motifs is 1. The summed E-state index contributed by atoms with van der Waals surface area (Å²) in [6.45, 7) is 4.79. The summed E-state index contributed by atoms with van der Waals surface area (Å²) in [5, 5.41) is 4.93. The molecule has 0 bridgehead atoms. The lowest BCUT2D eigenvalue weighted by molar-refractivity contribution is -0.137. The molecule has 1 N–H and O–H groups in total. The topological polar surface area (TPSA) is 53.0 Å². The molecule has 1 aromatic heterocycles. The van der Waals surface area contributed by atoms with Gasteiger partial charge in [-0.2, -0.15) is 18.3 Å². The van der Waals surface area contributed by atoms with Gasteiger partial charge in [-0.3, -0.25) is 10.4 Å². The molecule has 164 valence electrons. The second-order valence-electron chi connectivity index (χ2n) is 7.46. The number of hydrazone groups is 1. The van der Waals surface area contributed by atoms with E-state index >= 15 is 0 Å². The monoisotopic (exact) mass is 449 g/mol. The van der Waals surface area contributed by atoms with Gasteiger partial charge in [0.1, 0.15) is 11.4 Å². The molecule has 31 heavy (non-hydrogen) atoms. The van der Waals surface area contributed by atoms with Gasteiger partial charge in [-0.05, 0) is 49.0 Å². The Kier molecular flexibility index (Phi) is 5.99. The molecule has 1 aromatic carbocycles. The summed E-state index contributed by atoms with van der Waals surface area (Å²) in [4.78, 5) is 8.32. The highest BCUT2D eigenvalue weighted by molar-refractivity contribution is 7.80. The minimum atomic E-state index is -4.35. The van der Waals surface area contributed by atoms with Crippen LogP contribution in [0.4, 0.5) is 18.9 Å². The highest BCUT2D eigenvalue weighted by atomic mass is 32.1. The van der Waals surface area contributed by atoms with Crippen LogP contribution < -0.4 is 15.1 Å². The number of hydrogen-bond acceptors (Lipinski definition) is 5. The van der Waals surface area contributed by atoms with Gasteiger partial charge in [0.15, 0.2) is 5.11 Å². The lowest BCUT2D eigenvalue weighted by atomic mass is 10.1. The zero-order chi connectivity index (χ0) is 22.0. The highest BCUT2D eigenvalue weighted by Gasteiger charge is 2.31. The molecule has 0 radical (unpaired) electrons. The van der Waals surface area contributed by atoms with Crippen molar-refractivity contribution in [3.8, 4) is 5.75 Å². The van der Waals surface area contributed by atoms with Gasteiger partial charge in [-0.25, -0.2) is 0 Å². The van der Waals surface area contributed by atoms with Crippen molar-refractivity contribution in [2.75, 3.05) is 37.7 Å². The summed E-state index contributed by atoms with van der Waals surface area (Å²) < 4.78 is 44.6. The molecule has 1 saturated heterocycles. The van der Waals surface area contributed by atoms with E-state index in [1.807, 2.05) is 22.8 Å². The van der Waals surface area contributed by atoms with Crippen LogP contribution in [-0.4, -0.2) is 53.5 Å². The van der Waals surface area contributed by atoms with Crippen LogP contribution in [0.2, 0.25) is 0 Å². The summed E-state index contributed by atoms with van der Waals surface area (Å²) in [5.41, 5.74) is 5.38. The summed E-state index contributed by atoms with van der Waals surface area (Å²) in [7, 11) is 0. The maximum Gasteiger partial charge on any atom is 0.416 e. The van der Waals surface area contributed by atoms with Gasteiger partial charge >= 0.3 is 6.18 Å². The third-order valence-corrected chi connectivity index (χ3v) is 5.60. The van der Waals surface area contributed by atoms with Crippen LogP contribution in [0.15, 0.2) is 41.6 Å². The molecule has 6 nitrogen and oxygen atoms in total. The first kappa shape index (κ1) is 21.4. The van der Waals surface area contributed by atoms with Gasteiger partial charge in [0.05, 0.1) is 17.9 Å². The Morgan fingerprint density at radius 1 is 1.19 bits per heavy atom. The molecule has 2 aliphatic rings. The number of benzene rings is 1. The van der Waals surface area contributed by atoms with Crippen LogP contribution in [0.5, 0.6) is 5.75 Å². The van der Waals surface area contributed by atoms with Crippen LogP contribution in [-0.2, 0) is 6.18 Å². The molecule has 4 rings (SSSR count). The molecule has 0 spiro atoms. The number of anilines is 1. The Morgan fingerprint density at radius 3 is 2.71 bits per heavy atom. The third kappa shape index (κ3) is 4.90. The van der Waals surface area contributed by atoms with Gasteiger partial charge in [-0.15, -0.1) is 0 Å². The molecular formula is C21H22F3N5OS. The number of aromatic nitrogens is 1. The van der Waals surface area contributed by atoms with Gasteiger partial charge < -0.3 is 14.5 Å². The van der Waals surface area contributed by atoms with E-state index in [2.05, 4.69) is 15.5 Å². The van der Waals surface area contributed by atoms with Crippen molar-refractivity contribution >= 4 is 28.7 Å². The van der Waals surface area contributed by atoms with E-state index in [0.717, 1.165) is 17.3 Å². The van der Waals surface area contributed by atoms with Crippen molar-refractivity contribution in [3.63, 3.8) is 0 Å². The Balaban J connectivity index is 1.36. The Labute approximate surface area is 183 Å². The summed E-state index contributed by atoms with van der Waals surface area (Å²) in [6, 6.07) is 7.35. The van der Waals surface area contributed by atoms with Crippen molar-refractivity contribution < 1.29 is 17.9 Å². The third-order valence-electron chi connectivity index (χ3n) is 5.25. The standard InChI is InChI=1S/C21H22F3N5OS/c1-14-11-18-19(25-13-14)17(5-10-30-18)26-27-20(31)29-8-6-28(7-9-29)16-4-2-3-15(12-16)21(22,23)24/h2-4,11-13H,5-10H2,1H3,(H,27,31)/b26-17-. The number of pyridine rings is 1. The maximum absolute atomic E-state index is 13.0. The van der Waals surface area contributed by atoms with E-state index in [4.69, 9.17) is 17.0 Å². The number of aryl methyl sites for hydroxylation is 1. The number of nitrogens with one attached hydrogen (secondary N) is 1. The van der Waals surface area contributed by atoms with Crippen LogP contribution >= 0.6 is 12.2 Å². The summed E-state index contributed by atoms with van der Waals surface area (Å²) >= 11 is 5.48. The fourth-order valence-electron chi connectivity index (χ4n) is 3.59. The van der Waals surface area contributed by atoms with Crippen molar-refractivity contribution in [1.82, 2.24) is 15.3 Å². The molecule has 3 heterocycles. The van der Waals surface area contributed by atoms with E-state index in [-0.39, 0.29) is 0 Å². The van der Waals surface area contributed by atoms with Crippen LogP contribution in [0.3, 0.4) is 0 Å². The number of rotatable bonds is 2. The fourth-order valence-corrected chi connectivity index (χ4v) is 3.81. The largest absolute Gasteiger partial charge is 0.491 e. The zero-order valence-corrected chi connectivity index (χ0v) is 17.8. The number of nitrogens with zero attached hydrogens (tertiary/aromatic N) is 4. The van der Waals surface area contributed by atoms with Crippen molar-refractivity contribution in [1.29, 1.82) is 0 Å². The lowest BCUT2D eigenvalue weighted by Crippen LogP contribution is -2.51. The highest BCUT2D eigenvalue weighted by Crippen LogP contribution is 2.32. The Morgan fingerprint density at radius 2 is 1.97 bits per heavy atom. The minimum absolute atomic E-state index is 0.483. The van der Waals surface area contributed by atoms with E-state index in [0.29, 0.717) is 61.4 Å². The number of hydrogen-bond donors (Lipinski definition) is 1. The number of halogens is 3. The van der Waals surface area contributed by atoms with Crippen molar-refractivity contribution in [2.45, 2.75) is 19.5 Å². The first-order chi connectivity index (χ1) is 14.8. The van der Waals surface area contributed by atoms with Gasteiger partial charge in [-0.1, -0.05) is 6.07 Å². The molecule has 2 aromatic rings. The zero-order valence-electron chi connectivity index (χ0n) is 16.9. The Hall–Kier alpha value is -2.88. The number of piperazine rings is 1. The molecule has 2 aliphatic heterocycles. The first-order valence-electron chi connectivity index (χ1n) is 9.95. The maximum atomic E-state index is 13.0. The molecule has 0 aliphatic carbocycles. The fraction of sp³-hybridized carbons (Fsp3) is 0.381. The lowest BCUT2D eigenvalue weighted by Gasteiger charge is -2.37.